The zero-order chi connectivity index (χ0) is 18.4. The molecule has 2 heteroatoms. The van der Waals surface area contributed by atoms with E-state index in [-0.39, 0.29) is 0 Å². The number of ether oxygens (including phenoxy) is 2. The molecule has 0 aliphatic heterocycles. The summed E-state index contributed by atoms with van der Waals surface area (Å²) in [5, 5.41) is 0. The van der Waals surface area contributed by atoms with Crippen molar-refractivity contribution < 1.29 is 9.47 Å². The second-order valence-electron chi connectivity index (χ2n) is 8.54. The van der Waals surface area contributed by atoms with Gasteiger partial charge in [0.2, 0.25) is 0 Å². The van der Waals surface area contributed by atoms with E-state index in [1.165, 1.54) is 44.9 Å². The third-order valence-electron chi connectivity index (χ3n) is 5.05. The SMILES string of the molecule is CCCCCCCCC(C)C(C)(OCCC(C)C)OCCC(C)C. The highest BCUT2D eigenvalue weighted by atomic mass is 16.7. The molecule has 0 amide bonds. The van der Waals surface area contributed by atoms with Crippen LogP contribution >= 0.6 is 0 Å². The minimum absolute atomic E-state index is 0.423. The van der Waals surface area contributed by atoms with Crippen LogP contribution in [0.2, 0.25) is 0 Å². The van der Waals surface area contributed by atoms with Gasteiger partial charge in [0.05, 0.1) is 13.2 Å². The molecular weight excluding hydrogens is 296 g/mol. The van der Waals surface area contributed by atoms with Crippen LogP contribution in [0.4, 0.5) is 0 Å². The lowest BCUT2D eigenvalue weighted by atomic mass is 9.94. The molecular formula is C22H46O2. The van der Waals surface area contributed by atoms with Gasteiger partial charge in [-0.15, -0.1) is 0 Å². The summed E-state index contributed by atoms with van der Waals surface area (Å²) in [7, 11) is 0. The molecule has 0 aromatic heterocycles. The first-order chi connectivity index (χ1) is 11.3. The Bertz CT molecular complexity index is 259. The first-order valence-corrected chi connectivity index (χ1v) is 10.6. The van der Waals surface area contributed by atoms with Crippen molar-refractivity contribution in [3.63, 3.8) is 0 Å². The predicted octanol–water partition coefficient (Wildman–Crippen LogP) is 7.21. The number of unbranched alkanes of at least 4 members (excludes halogenated alkanes) is 5. The van der Waals surface area contributed by atoms with E-state index in [0.717, 1.165) is 26.1 Å². The molecule has 0 N–H and O–H groups in total. The molecule has 0 heterocycles. The topological polar surface area (TPSA) is 18.5 Å². The molecule has 146 valence electrons. The molecule has 0 saturated heterocycles. The zero-order valence-corrected chi connectivity index (χ0v) is 17.8. The Hall–Kier alpha value is -0.0800. The Morgan fingerprint density at radius 3 is 1.58 bits per heavy atom. The van der Waals surface area contributed by atoms with E-state index < -0.39 is 5.79 Å². The molecule has 0 saturated carbocycles. The van der Waals surface area contributed by atoms with Crippen LogP contribution < -0.4 is 0 Å². The Morgan fingerprint density at radius 1 is 0.667 bits per heavy atom. The molecule has 1 atom stereocenters. The van der Waals surface area contributed by atoms with Gasteiger partial charge in [-0.05, 0) is 38.0 Å². The Labute approximate surface area is 153 Å². The van der Waals surface area contributed by atoms with Crippen LogP contribution in [0.15, 0.2) is 0 Å². The third-order valence-corrected chi connectivity index (χ3v) is 5.05. The maximum absolute atomic E-state index is 6.26. The summed E-state index contributed by atoms with van der Waals surface area (Å²) in [5.41, 5.74) is 0. The van der Waals surface area contributed by atoms with Crippen molar-refractivity contribution in [1.82, 2.24) is 0 Å². The molecule has 0 fully saturated rings. The van der Waals surface area contributed by atoms with E-state index in [1.807, 2.05) is 0 Å². The van der Waals surface area contributed by atoms with Gasteiger partial charge in [0, 0.05) is 5.92 Å². The summed E-state index contributed by atoms with van der Waals surface area (Å²) in [6, 6.07) is 0. The molecule has 0 radical (unpaired) electrons. The number of rotatable bonds is 16. The molecule has 0 aliphatic carbocycles. The predicted molar refractivity (Wildman–Crippen MR) is 106 cm³/mol. The maximum atomic E-state index is 6.26. The zero-order valence-electron chi connectivity index (χ0n) is 17.8. The third kappa shape index (κ3) is 12.3. The van der Waals surface area contributed by atoms with Crippen LogP contribution in [-0.4, -0.2) is 19.0 Å². The highest BCUT2D eigenvalue weighted by Crippen LogP contribution is 2.29. The molecule has 0 aliphatic rings. The van der Waals surface area contributed by atoms with E-state index in [1.54, 1.807) is 0 Å². The molecule has 24 heavy (non-hydrogen) atoms. The smallest absolute Gasteiger partial charge is 0.167 e. The largest absolute Gasteiger partial charge is 0.350 e. The fraction of sp³-hybridized carbons (Fsp3) is 1.00. The quantitative estimate of drug-likeness (QED) is 0.218. The highest BCUT2D eigenvalue weighted by molar-refractivity contribution is 4.73. The lowest BCUT2D eigenvalue weighted by Crippen LogP contribution is -2.40. The van der Waals surface area contributed by atoms with E-state index in [2.05, 4.69) is 48.5 Å². The second kappa shape index (κ2) is 14.1. The Morgan fingerprint density at radius 2 is 1.12 bits per heavy atom. The lowest BCUT2D eigenvalue weighted by Gasteiger charge is -2.36. The van der Waals surface area contributed by atoms with Crippen LogP contribution in [0.5, 0.6) is 0 Å². The van der Waals surface area contributed by atoms with Gasteiger partial charge in [0.25, 0.3) is 0 Å². The summed E-state index contributed by atoms with van der Waals surface area (Å²) >= 11 is 0. The minimum Gasteiger partial charge on any atom is -0.350 e. The first kappa shape index (κ1) is 23.9. The molecule has 0 bridgehead atoms. The molecule has 0 aromatic carbocycles. The summed E-state index contributed by atoms with van der Waals surface area (Å²) in [6.07, 6.45) is 11.5. The summed E-state index contributed by atoms with van der Waals surface area (Å²) in [5.74, 6) is 1.38. The second-order valence-corrected chi connectivity index (χ2v) is 8.54. The monoisotopic (exact) mass is 342 g/mol. The van der Waals surface area contributed by atoms with Crippen molar-refractivity contribution in [1.29, 1.82) is 0 Å². The van der Waals surface area contributed by atoms with Gasteiger partial charge in [0.1, 0.15) is 0 Å². The fourth-order valence-electron chi connectivity index (χ4n) is 2.81. The van der Waals surface area contributed by atoms with Gasteiger partial charge in [-0.1, -0.05) is 80.1 Å². The summed E-state index contributed by atoms with van der Waals surface area (Å²) in [4.78, 5) is 0. The van der Waals surface area contributed by atoms with Crippen molar-refractivity contribution in [3.05, 3.63) is 0 Å². The van der Waals surface area contributed by atoms with Crippen LogP contribution in [0.25, 0.3) is 0 Å². The van der Waals surface area contributed by atoms with E-state index >= 15 is 0 Å². The van der Waals surface area contributed by atoms with Gasteiger partial charge >= 0.3 is 0 Å². The van der Waals surface area contributed by atoms with Gasteiger partial charge in [-0.3, -0.25) is 0 Å². The van der Waals surface area contributed by atoms with Gasteiger partial charge in [0.15, 0.2) is 5.79 Å². The molecule has 0 aromatic rings. The van der Waals surface area contributed by atoms with E-state index in [0.29, 0.717) is 17.8 Å². The molecule has 2 nitrogen and oxygen atoms in total. The molecule has 1 unspecified atom stereocenters. The average Bonchev–Trinajstić information content (AvgIpc) is 2.49. The van der Waals surface area contributed by atoms with Crippen LogP contribution in [0.3, 0.4) is 0 Å². The summed E-state index contributed by atoms with van der Waals surface area (Å²) < 4.78 is 12.5. The average molecular weight is 343 g/mol. The standard InChI is InChI=1S/C22H46O2/c1-8-9-10-11-12-13-14-21(6)22(7,23-17-15-19(2)3)24-18-16-20(4)5/h19-21H,8-18H2,1-7H3. The van der Waals surface area contributed by atoms with E-state index in [9.17, 15) is 0 Å². The van der Waals surface area contributed by atoms with Crippen molar-refractivity contribution >= 4 is 0 Å². The Kier molecular flexibility index (Phi) is 14.1. The van der Waals surface area contributed by atoms with Crippen molar-refractivity contribution in [2.45, 2.75) is 112 Å². The van der Waals surface area contributed by atoms with Crippen LogP contribution in [0.1, 0.15) is 106 Å². The first-order valence-electron chi connectivity index (χ1n) is 10.6. The fourth-order valence-corrected chi connectivity index (χ4v) is 2.81. The van der Waals surface area contributed by atoms with Crippen molar-refractivity contribution in [3.8, 4) is 0 Å². The van der Waals surface area contributed by atoms with Gasteiger partial charge in [-0.25, -0.2) is 0 Å². The summed E-state index contributed by atoms with van der Waals surface area (Å²) in [6.45, 7) is 17.3. The number of hydrogen-bond acceptors (Lipinski definition) is 2. The van der Waals surface area contributed by atoms with Gasteiger partial charge < -0.3 is 9.47 Å². The Balaban J connectivity index is 4.31. The van der Waals surface area contributed by atoms with Crippen LogP contribution in [0, 0.1) is 17.8 Å². The van der Waals surface area contributed by atoms with Gasteiger partial charge in [-0.2, -0.15) is 0 Å². The molecule has 0 spiro atoms. The highest BCUT2D eigenvalue weighted by Gasteiger charge is 2.32. The normalized spacial score (nSPS) is 13.9. The lowest BCUT2D eigenvalue weighted by molar-refractivity contribution is -0.256. The van der Waals surface area contributed by atoms with Crippen molar-refractivity contribution in [2.24, 2.45) is 17.8 Å². The maximum Gasteiger partial charge on any atom is 0.167 e. The molecule has 0 rings (SSSR count). The van der Waals surface area contributed by atoms with Crippen molar-refractivity contribution in [2.75, 3.05) is 13.2 Å². The minimum atomic E-state index is -0.423. The van der Waals surface area contributed by atoms with E-state index in [4.69, 9.17) is 9.47 Å². The van der Waals surface area contributed by atoms with Crippen LogP contribution in [-0.2, 0) is 9.47 Å². The number of hydrogen-bond donors (Lipinski definition) is 0.